The zero-order valence-corrected chi connectivity index (χ0v) is 18.0. The quantitative estimate of drug-likeness (QED) is 0.742. The number of carbonyl (C=O) groups is 3. The first-order valence-corrected chi connectivity index (χ1v) is 10.4. The zero-order valence-electron chi connectivity index (χ0n) is 18.0. The number of carboxylic acid groups (broad SMARTS) is 1. The lowest BCUT2D eigenvalue weighted by atomic mass is 9.84. The lowest BCUT2D eigenvalue weighted by molar-refractivity contribution is -0.192. The molecule has 1 N–H and O–H groups in total. The van der Waals surface area contributed by atoms with Crippen LogP contribution in [-0.2, 0) is 16.1 Å². The van der Waals surface area contributed by atoms with E-state index in [0.29, 0.717) is 37.4 Å². The van der Waals surface area contributed by atoms with Crippen molar-refractivity contribution in [3.63, 3.8) is 0 Å². The molecular weight excluding hydrogens is 443 g/mol. The molecule has 0 atom stereocenters. The lowest BCUT2D eigenvalue weighted by Crippen LogP contribution is -2.53. The number of halogens is 3. The molecular formula is C22H24F3N3O5. The second-order valence-electron chi connectivity index (χ2n) is 8.05. The number of furan rings is 1. The minimum Gasteiger partial charge on any atom is -0.475 e. The van der Waals surface area contributed by atoms with E-state index in [2.05, 4.69) is 4.98 Å². The molecule has 2 saturated heterocycles. The first kappa shape index (κ1) is 24.3. The largest absolute Gasteiger partial charge is 0.490 e. The molecule has 2 aromatic heterocycles. The summed E-state index contributed by atoms with van der Waals surface area (Å²) in [5, 5.41) is 7.12. The number of amides is 2. The van der Waals surface area contributed by atoms with Gasteiger partial charge in [0, 0.05) is 44.0 Å². The van der Waals surface area contributed by atoms with Crippen molar-refractivity contribution in [2.45, 2.75) is 50.9 Å². The summed E-state index contributed by atoms with van der Waals surface area (Å²) in [6.07, 6.45) is 3.12. The summed E-state index contributed by atoms with van der Waals surface area (Å²) in [4.78, 5) is 42.1. The Morgan fingerprint density at radius 2 is 1.76 bits per heavy atom. The first-order chi connectivity index (χ1) is 15.5. The molecule has 1 spiro atoms. The van der Waals surface area contributed by atoms with Gasteiger partial charge in [-0.1, -0.05) is 0 Å². The van der Waals surface area contributed by atoms with Crippen LogP contribution in [0.25, 0.3) is 0 Å². The summed E-state index contributed by atoms with van der Waals surface area (Å²) in [6, 6.07) is 5.65. The fourth-order valence-corrected chi connectivity index (χ4v) is 4.22. The van der Waals surface area contributed by atoms with Crippen LogP contribution in [0, 0.1) is 6.92 Å². The van der Waals surface area contributed by atoms with Gasteiger partial charge >= 0.3 is 12.1 Å². The molecule has 0 radical (unpaired) electrons. The highest BCUT2D eigenvalue weighted by molar-refractivity contribution is 5.95. The van der Waals surface area contributed by atoms with E-state index >= 15 is 0 Å². The zero-order chi connectivity index (χ0) is 24.2. The van der Waals surface area contributed by atoms with Crippen LogP contribution in [0.2, 0.25) is 0 Å². The Labute approximate surface area is 188 Å². The number of hydrogen-bond acceptors (Lipinski definition) is 5. The number of aliphatic carboxylic acids is 1. The van der Waals surface area contributed by atoms with Gasteiger partial charge in [0.2, 0.25) is 5.91 Å². The average molecular weight is 467 g/mol. The van der Waals surface area contributed by atoms with Crippen LogP contribution in [0.1, 0.15) is 47.4 Å². The van der Waals surface area contributed by atoms with Crippen molar-refractivity contribution in [2.24, 2.45) is 0 Å². The number of nitrogens with zero attached hydrogens (tertiary/aromatic N) is 3. The maximum atomic E-state index is 12.7. The molecule has 0 bridgehead atoms. The number of pyridine rings is 1. The van der Waals surface area contributed by atoms with Crippen molar-refractivity contribution < 1.29 is 37.1 Å². The summed E-state index contributed by atoms with van der Waals surface area (Å²) in [6.45, 7) is 3.77. The molecule has 2 aliphatic heterocycles. The highest BCUT2D eigenvalue weighted by Crippen LogP contribution is 2.40. The van der Waals surface area contributed by atoms with Crippen molar-refractivity contribution in [1.29, 1.82) is 0 Å². The normalized spacial score (nSPS) is 17.6. The Morgan fingerprint density at radius 1 is 1.15 bits per heavy atom. The third kappa shape index (κ3) is 5.52. The number of carboxylic acids is 1. The molecule has 2 aromatic rings. The second-order valence-corrected chi connectivity index (χ2v) is 8.05. The Bertz CT molecular complexity index is 998. The summed E-state index contributed by atoms with van der Waals surface area (Å²) in [7, 11) is 0. The van der Waals surface area contributed by atoms with Crippen LogP contribution in [0.3, 0.4) is 0 Å². The third-order valence-electron chi connectivity index (χ3n) is 6.08. The van der Waals surface area contributed by atoms with Gasteiger partial charge in [0.05, 0.1) is 11.8 Å². The molecule has 11 heteroatoms. The molecule has 2 fully saturated rings. The average Bonchev–Trinajstić information content (AvgIpc) is 3.33. The SMILES string of the molecule is Cc1occc1C(=O)N1CCC2(CCC(=O)N2Cc2ccncc2)CC1.O=C(O)C(F)(F)F. The smallest absolute Gasteiger partial charge is 0.475 e. The van der Waals surface area contributed by atoms with Gasteiger partial charge in [0.1, 0.15) is 5.76 Å². The number of aryl methyl sites for hydroxylation is 1. The number of piperidine rings is 1. The summed E-state index contributed by atoms with van der Waals surface area (Å²) in [5.41, 5.74) is 1.61. The van der Waals surface area contributed by atoms with Crippen molar-refractivity contribution in [3.8, 4) is 0 Å². The number of hydrogen-bond donors (Lipinski definition) is 1. The molecule has 178 valence electrons. The summed E-state index contributed by atoms with van der Waals surface area (Å²) >= 11 is 0. The van der Waals surface area contributed by atoms with Gasteiger partial charge in [-0.2, -0.15) is 13.2 Å². The second kappa shape index (κ2) is 9.63. The van der Waals surface area contributed by atoms with Gasteiger partial charge in [-0.15, -0.1) is 0 Å². The van der Waals surface area contributed by atoms with Crippen LogP contribution in [0.5, 0.6) is 0 Å². The van der Waals surface area contributed by atoms with Gasteiger partial charge in [-0.3, -0.25) is 14.6 Å². The predicted octanol–water partition coefficient (Wildman–Crippen LogP) is 3.41. The van der Waals surface area contributed by atoms with Crippen LogP contribution >= 0.6 is 0 Å². The van der Waals surface area contributed by atoms with Crippen LogP contribution in [0.15, 0.2) is 41.3 Å². The van der Waals surface area contributed by atoms with E-state index in [0.717, 1.165) is 24.8 Å². The number of rotatable bonds is 3. The minimum absolute atomic E-state index is 0.0242. The molecule has 33 heavy (non-hydrogen) atoms. The van der Waals surface area contributed by atoms with Crippen molar-refractivity contribution in [1.82, 2.24) is 14.8 Å². The van der Waals surface area contributed by atoms with Gasteiger partial charge in [-0.25, -0.2) is 4.79 Å². The maximum Gasteiger partial charge on any atom is 0.490 e. The Hall–Kier alpha value is -3.37. The van der Waals surface area contributed by atoms with Gasteiger partial charge in [0.25, 0.3) is 5.91 Å². The molecule has 2 aliphatic rings. The maximum absolute atomic E-state index is 12.7. The lowest BCUT2D eigenvalue weighted by Gasteiger charge is -2.45. The fraction of sp³-hybridized carbons (Fsp3) is 0.455. The van der Waals surface area contributed by atoms with Crippen LogP contribution in [-0.4, -0.2) is 62.5 Å². The Morgan fingerprint density at radius 3 is 2.27 bits per heavy atom. The topological polar surface area (TPSA) is 104 Å². The third-order valence-corrected chi connectivity index (χ3v) is 6.08. The van der Waals surface area contributed by atoms with Gasteiger partial charge in [-0.05, 0) is 49.9 Å². The molecule has 2 amide bonds. The fourth-order valence-electron chi connectivity index (χ4n) is 4.22. The molecule has 0 aliphatic carbocycles. The summed E-state index contributed by atoms with van der Waals surface area (Å²) in [5.74, 6) is -1.86. The number of aromatic nitrogens is 1. The van der Waals surface area contributed by atoms with E-state index < -0.39 is 12.1 Å². The monoisotopic (exact) mass is 467 g/mol. The molecule has 0 aromatic carbocycles. The van der Waals surface area contributed by atoms with Crippen molar-refractivity contribution >= 4 is 17.8 Å². The van der Waals surface area contributed by atoms with E-state index in [-0.39, 0.29) is 17.4 Å². The first-order valence-electron chi connectivity index (χ1n) is 10.4. The Balaban J connectivity index is 0.000000383. The van der Waals surface area contributed by atoms with E-state index in [4.69, 9.17) is 14.3 Å². The molecule has 4 rings (SSSR count). The Kier molecular flexibility index (Phi) is 7.09. The van der Waals surface area contributed by atoms with E-state index in [9.17, 15) is 22.8 Å². The highest BCUT2D eigenvalue weighted by atomic mass is 19.4. The van der Waals surface area contributed by atoms with Gasteiger partial charge in [0.15, 0.2) is 0 Å². The highest BCUT2D eigenvalue weighted by Gasteiger charge is 2.47. The van der Waals surface area contributed by atoms with Crippen molar-refractivity contribution in [2.75, 3.05) is 13.1 Å². The number of alkyl halides is 3. The molecule has 4 heterocycles. The number of carbonyl (C=O) groups excluding carboxylic acids is 2. The molecule has 8 nitrogen and oxygen atoms in total. The predicted molar refractivity (Wildman–Crippen MR) is 109 cm³/mol. The van der Waals surface area contributed by atoms with Gasteiger partial charge < -0.3 is 19.3 Å². The summed E-state index contributed by atoms with van der Waals surface area (Å²) < 4.78 is 37.0. The van der Waals surface area contributed by atoms with Crippen molar-refractivity contribution in [3.05, 3.63) is 53.7 Å². The van der Waals surface area contributed by atoms with Crippen LogP contribution in [0.4, 0.5) is 13.2 Å². The molecule has 0 unspecified atom stereocenters. The number of likely N-dealkylation sites (tertiary alicyclic amines) is 2. The van der Waals surface area contributed by atoms with E-state index in [1.165, 1.54) is 0 Å². The van der Waals surface area contributed by atoms with Crippen LogP contribution < -0.4 is 0 Å². The standard InChI is InChI=1S/C20H23N3O3.C2HF3O2/c1-15-17(5-13-26-15)19(25)22-11-7-20(8-12-22)6-2-18(24)23(20)14-16-3-9-21-10-4-16;3-2(4,5)1(6)7/h3-5,9-10,13H,2,6-8,11-12,14H2,1H3;(H,6,7). The van der Waals surface area contributed by atoms with E-state index in [1.54, 1.807) is 24.7 Å². The minimum atomic E-state index is -5.08. The molecule has 0 saturated carbocycles. The van der Waals surface area contributed by atoms with E-state index in [1.807, 2.05) is 28.9 Å².